The van der Waals surface area contributed by atoms with Gasteiger partial charge in [-0.1, -0.05) is 36.8 Å². The van der Waals surface area contributed by atoms with Gasteiger partial charge in [0, 0.05) is 13.6 Å². The Hall–Kier alpha value is -3.07. The molecule has 0 aromatic heterocycles. The van der Waals surface area contributed by atoms with Gasteiger partial charge >= 0.3 is 0 Å². The summed E-state index contributed by atoms with van der Waals surface area (Å²) in [5.74, 6) is -0.164. The highest BCUT2D eigenvalue weighted by molar-refractivity contribution is 7.92. The molecule has 2 aromatic rings. The maximum Gasteiger partial charge on any atom is 0.244 e. The van der Waals surface area contributed by atoms with Gasteiger partial charge in [-0.2, -0.15) is 0 Å². The van der Waals surface area contributed by atoms with Crippen LogP contribution in [0.5, 0.6) is 5.75 Å². The Morgan fingerprint density at radius 3 is 2.12 bits per heavy atom. The average Bonchev–Trinajstić information content (AvgIpc) is 2.78. The Kier molecular flexibility index (Phi) is 9.28. The van der Waals surface area contributed by atoms with Crippen molar-refractivity contribution in [2.45, 2.75) is 39.8 Å². The predicted octanol–water partition coefficient (Wildman–Crippen LogP) is 2.71. The molecule has 2 rings (SSSR count). The molecule has 2 aromatic carbocycles. The summed E-state index contributed by atoms with van der Waals surface area (Å²) < 4.78 is 31.6. The first-order chi connectivity index (χ1) is 15.6. The maximum atomic E-state index is 13.5. The van der Waals surface area contributed by atoms with E-state index in [0.29, 0.717) is 24.5 Å². The topological polar surface area (TPSA) is 96.0 Å². The van der Waals surface area contributed by atoms with E-state index >= 15 is 0 Å². The lowest BCUT2D eigenvalue weighted by Crippen LogP contribution is -2.51. The summed E-state index contributed by atoms with van der Waals surface area (Å²) in [5.41, 5.74) is 2.27. The second-order valence-corrected chi connectivity index (χ2v) is 9.65. The summed E-state index contributed by atoms with van der Waals surface area (Å²) in [5, 5.41) is 2.60. The van der Waals surface area contributed by atoms with Gasteiger partial charge in [-0.3, -0.25) is 13.9 Å². The zero-order valence-electron chi connectivity index (χ0n) is 19.9. The van der Waals surface area contributed by atoms with Crippen LogP contribution in [-0.2, 0) is 26.2 Å². The summed E-state index contributed by atoms with van der Waals surface area (Å²) in [6.45, 7) is 5.88. The number of rotatable bonds is 11. The molecular weight excluding hydrogens is 442 g/mol. The summed E-state index contributed by atoms with van der Waals surface area (Å²) in [4.78, 5) is 27.4. The van der Waals surface area contributed by atoms with Crippen molar-refractivity contribution in [1.29, 1.82) is 0 Å². The van der Waals surface area contributed by atoms with Gasteiger partial charge in [0.1, 0.15) is 18.3 Å². The van der Waals surface area contributed by atoms with Crippen LogP contribution < -0.4 is 14.4 Å². The van der Waals surface area contributed by atoms with E-state index in [4.69, 9.17) is 4.74 Å². The van der Waals surface area contributed by atoms with Crippen LogP contribution in [0, 0.1) is 6.92 Å². The molecule has 0 aliphatic heterocycles. The number of nitrogens with one attached hydrogen (secondary N) is 1. The molecule has 180 valence electrons. The molecule has 0 aliphatic rings. The number of aryl methyl sites for hydroxylation is 1. The summed E-state index contributed by atoms with van der Waals surface area (Å²) in [6, 6.07) is 13.4. The van der Waals surface area contributed by atoms with E-state index in [1.165, 1.54) is 11.9 Å². The minimum Gasteiger partial charge on any atom is -0.494 e. The van der Waals surface area contributed by atoms with E-state index in [9.17, 15) is 18.0 Å². The largest absolute Gasteiger partial charge is 0.494 e. The van der Waals surface area contributed by atoms with Crippen LogP contribution in [0.15, 0.2) is 48.5 Å². The minimum absolute atomic E-state index is 0.186. The van der Waals surface area contributed by atoms with E-state index < -0.39 is 28.5 Å². The Morgan fingerprint density at radius 2 is 1.64 bits per heavy atom. The number of sulfonamides is 1. The van der Waals surface area contributed by atoms with Crippen molar-refractivity contribution in [1.82, 2.24) is 10.2 Å². The highest BCUT2D eigenvalue weighted by Gasteiger charge is 2.31. The SMILES string of the molecule is CCOc1ccc(N(CC(=O)N(Cc2ccc(C)cc2)[C@@H](CC)C(=O)NC)S(C)(=O)=O)cc1. The maximum absolute atomic E-state index is 13.5. The Balaban J connectivity index is 2.38. The molecule has 1 N–H and O–H groups in total. The van der Waals surface area contributed by atoms with Gasteiger partial charge in [0.05, 0.1) is 18.6 Å². The first-order valence-corrected chi connectivity index (χ1v) is 12.7. The predicted molar refractivity (Wildman–Crippen MR) is 130 cm³/mol. The number of benzene rings is 2. The van der Waals surface area contributed by atoms with E-state index in [0.717, 1.165) is 21.7 Å². The van der Waals surface area contributed by atoms with Gasteiger partial charge in [-0.15, -0.1) is 0 Å². The van der Waals surface area contributed by atoms with Crippen LogP contribution in [0.3, 0.4) is 0 Å². The molecule has 0 heterocycles. The lowest BCUT2D eigenvalue weighted by atomic mass is 10.1. The molecule has 0 saturated carbocycles. The smallest absolute Gasteiger partial charge is 0.244 e. The number of amides is 2. The number of nitrogens with zero attached hydrogens (tertiary/aromatic N) is 2. The number of anilines is 1. The van der Waals surface area contributed by atoms with E-state index in [-0.39, 0.29) is 12.5 Å². The molecule has 0 fully saturated rings. The van der Waals surface area contributed by atoms with Crippen molar-refractivity contribution in [3.8, 4) is 5.75 Å². The van der Waals surface area contributed by atoms with Crippen LogP contribution in [-0.4, -0.2) is 57.6 Å². The molecule has 0 unspecified atom stereocenters. The lowest BCUT2D eigenvalue weighted by Gasteiger charge is -2.32. The van der Waals surface area contributed by atoms with Crippen molar-refractivity contribution in [3.63, 3.8) is 0 Å². The zero-order chi connectivity index (χ0) is 24.6. The second kappa shape index (κ2) is 11.7. The van der Waals surface area contributed by atoms with Gasteiger partial charge < -0.3 is 15.0 Å². The fraction of sp³-hybridized carbons (Fsp3) is 0.417. The Morgan fingerprint density at radius 1 is 1.03 bits per heavy atom. The highest BCUT2D eigenvalue weighted by atomic mass is 32.2. The third-order valence-electron chi connectivity index (χ3n) is 5.22. The van der Waals surface area contributed by atoms with Crippen LogP contribution >= 0.6 is 0 Å². The molecule has 8 nitrogen and oxygen atoms in total. The lowest BCUT2D eigenvalue weighted by molar-refractivity contribution is -0.140. The van der Waals surface area contributed by atoms with Crippen LogP contribution in [0.2, 0.25) is 0 Å². The molecule has 0 spiro atoms. The number of likely N-dealkylation sites (N-methyl/N-ethyl adjacent to an activating group) is 1. The molecule has 0 radical (unpaired) electrons. The number of hydrogen-bond donors (Lipinski definition) is 1. The van der Waals surface area contributed by atoms with E-state index in [1.807, 2.05) is 45.0 Å². The molecular formula is C24H33N3O5S. The Labute approximate surface area is 196 Å². The zero-order valence-corrected chi connectivity index (χ0v) is 20.7. The summed E-state index contributed by atoms with van der Waals surface area (Å²) in [6.07, 6.45) is 1.44. The van der Waals surface area contributed by atoms with Crippen molar-refractivity contribution in [2.75, 3.05) is 30.8 Å². The van der Waals surface area contributed by atoms with Gasteiger partial charge in [-0.05, 0) is 50.1 Å². The van der Waals surface area contributed by atoms with Crippen LogP contribution in [0.4, 0.5) is 5.69 Å². The monoisotopic (exact) mass is 475 g/mol. The van der Waals surface area contributed by atoms with Crippen LogP contribution in [0.1, 0.15) is 31.4 Å². The molecule has 0 aliphatic carbocycles. The molecule has 0 saturated heterocycles. The quantitative estimate of drug-likeness (QED) is 0.539. The van der Waals surface area contributed by atoms with Crippen molar-refractivity contribution in [3.05, 3.63) is 59.7 Å². The van der Waals surface area contributed by atoms with E-state index in [1.54, 1.807) is 24.3 Å². The van der Waals surface area contributed by atoms with Gasteiger partial charge in [0.15, 0.2) is 0 Å². The van der Waals surface area contributed by atoms with Crippen LogP contribution in [0.25, 0.3) is 0 Å². The normalized spacial score (nSPS) is 12.0. The number of hydrogen-bond acceptors (Lipinski definition) is 5. The van der Waals surface area contributed by atoms with Gasteiger partial charge in [0.25, 0.3) is 0 Å². The first kappa shape index (κ1) is 26.2. The average molecular weight is 476 g/mol. The molecule has 33 heavy (non-hydrogen) atoms. The first-order valence-electron chi connectivity index (χ1n) is 10.9. The van der Waals surface area contributed by atoms with Crippen molar-refractivity contribution in [2.24, 2.45) is 0 Å². The third-order valence-corrected chi connectivity index (χ3v) is 6.36. The number of carbonyl (C=O) groups is 2. The summed E-state index contributed by atoms with van der Waals surface area (Å²) >= 11 is 0. The number of ether oxygens (including phenoxy) is 1. The molecule has 0 bridgehead atoms. The standard InChI is InChI=1S/C24H33N3O5S/c1-6-22(24(29)25-4)26(16-19-10-8-18(3)9-11-19)23(28)17-27(33(5,30)31)20-12-14-21(15-13-20)32-7-2/h8-15,22H,6-7,16-17H2,1-5H3,(H,25,29)/t22-/m0/s1. The fourth-order valence-electron chi connectivity index (χ4n) is 3.47. The molecule has 1 atom stereocenters. The minimum atomic E-state index is -3.76. The molecule has 2 amide bonds. The highest BCUT2D eigenvalue weighted by Crippen LogP contribution is 2.23. The second-order valence-electron chi connectivity index (χ2n) is 7.74. The van der Waals surface area contributed by atoms with Crippen molar-refractivity contribution < 1.29 is 22.7 Å². The number of carbonyl (C=O) groups excluding carboxylic acids is 2. The Bertz CT molecular complexity index is 1040. The summed E-state index contributed by atoms with van der Waals surface area (Å²) in [7, 11) is -2.25. The van der Waals surface area contributed by atoms with E-state index in [2.05, 4.69) is 5.32 Å². The fourth-order valence-corrected chi connectivity index (χ4v) is 4.31. The molecule has 9 heteroatoms. The van der Waals surface area contributed by atoms with Gasteiger partial charge in [-0.25, -0.2) is 8.42 Å². The van der Waals surface area contributed by atoms with Crippen molar-refractivity contribution >= 4 is 27.5 Å². The third kappa shape index (κ3) is 7.21. The van der Waals surface area contributed by atoms with Gasteiger partial charge in [0.2, 0.25) is 21.8 Å².